The summed E-state index contributed by atoms with van der Waals surface area (Å²) < 4.78 is 0. The molecule has 2 aliphatic rings. The number of halogens is 2. The van der Waals surface area contributed by atoms with Gasteiger partial charge in [-0.25, -0.2) is 4.79 Å². The lowest BCUT2D eigenvalue weighted by molar-refractivity contribution is 0.144. The van der Waals surface area contributed by atoms with Gasteiger partial charge >= 0.3 is 6.09 Å². The first kappa shape index (κ1) is 14.0. The van der Waals surface area contributed by atoms with Gasteiger partial charge in [0.05, 0.1) is 10.0 Å². The molecule has 1 aromatic carbocycles. The quantitative estimate of drug-likeness (QED) is 0.901. The molecule has 1 saturated carbocycles. The minimum Gasteiger partial charge on any atom is -0.465 e. The van der Waals surface area contributed by atoms with Crippen molar-refractivity contribution in [2.24, 2.45) is 11.8 Å². The van der Waals surface area contributed by atoms with Gasteiger partial charge in [-0.1, -0.05) is 29.3 Å². The number of hydrogen-bond acceptors (Lipinski definition) is 2. The van der Waals surface area contributed by atoms with E-state index in [1.165, 1.54) is 4.90 Å². The average Bonchev–Trinajstić information content (AvgIpc) is 2.81. The Labute approximate surface area is 126 Å². The zero-order valence-corrected chi connectivity index (χ0v) is 12.2. The molecule has 4 nitrogen and oxygen atoms in total. The van der Waals surface area contributed by atoms with Gasteiger partial charge in [0.1, 0.15) is 0 Å². The third-order valence-electron chi connectivity index (χ3n) is 4.79. The fraction of sp³-hybridized carbons (Fsp3) is 0.500. The van der Waals surface area contributed by atoms with E-state index in [2.05, 4.69) is 0 Å². The highest BCUT2D eigenvalue weighted by molar-refractivity contribution is 6.42. The second-order valence-electron chi connectivity index (χ2n) is 5.54. The van der Waals surface area contributed by atoms with Crippen molar-refractivity contribution in [2.45, 2.75) is 11.8 Å². The number of likely N-dealkylation sites (tertiary alicyclic amines) is 1. The van der Waals surface area contributed by atoms with Crippen LogP contribution in [0.1, 0.15) is 12.0 Å². The highest BCUT2D eigenvalue weighted by atomic mass is 35.5. The van der Waals surface area contributed by atoms with Crippen LogP contribution in [0.25, 0.3) is 0 Å². The van der Waals surface area contributed by atoms with E-state index in [1.807, 2.05) is 12.1 Å². The van der Waals surface area contributed by atoms with E-state index >= 15 is 0 Å². The first-order chi connectivity index (χ1) is 9.50. The van der Waals surface area contributed by atoms with Crippen LogP contribution in [0.2, 0.25) is 10.0 Å². The summed E-state index contributed by atoms with van der Waals surface area (Å²) in [7, 11) is 0. The minimum atomic E-state index is -0.871. The smallest absolute Gasteiger partial charge is 0.407 e. The zero-order valence-electron chi connectivity index (χ0n) is 10.7. The Morgan fingerprint density at radius 1 is 1.30 bits per heavy atom. The molecule has 0 aromatic heterocycles. The van der Waals surface area contributed by atoms with Crippen LogP contribution in [0.4, 0.5) is 4.79 Å². The lowest BCUT2D eigenvalue weighted by atomic mass is 9.87. The van der Waals surface area contributed by atoms with Gasteiger partial charge in [0.15, 0.2) is 0 Å². The fourth-order valence-electron chi connectivity index (χ4n) is 3.80. The molecule has 1 aliphatic heterocycles. The monoisotopic (exact) mass is 315 g/mol. The summed E-state index contributed by atoms with van der Waals surface area (Å²) in [6, 6.07) is 5.55. The van der Waals surface area contributed by atoms with Gasteiger partial charge in [0, 0.05) is 25.1 Å². The van der Waals surface area contributed by atoms with Crippen molar-refractivity contribution >= 4 is 29.3 Å². The third-order valence-corrected chi connectivity index (χ3v) is 5.53. The lowest BCUT2D eigenvalue weighted by Gasteiger charge is -2.25. The number of amides is 1. The van der Waals surface area contributed by atoms with Crippen molar-refractivity contribution in [3.05, 3.63) is 33.8 Å². The molecule has 1 amide bonds. The van der Waals surface area contributed by atoms with Crippen LogP contribution in [0.3, 0.4) is 0 Å². The number of hydrogen-bond donors (Lipinski definition) is 2. The number of fused-ring (bicyclic) bond motifs is 1. The second-order valence-corrected chi connectivity index (χ2v) is 6.36. The minimum absolute atomic E-state index is 0.0836. The number of carboxylic acid groups (broad SMARTS) is 1. The Balaban J connectivity index is 1.89. The maximum Gasteiger partial charge on any atom is 0.407 e. The predicted molar refractivity (Wildman–Crippen MR) is 76.4 cm³/mol. The summed E-state index contributed by atoms with van der Waals surface area (Å²) in [6.07, 6.45) is -0.238. The molecule has 108 valence electrons. The SMILES string of the molecule is O=C(O)N1C[C@@H]2[C@H](C1)[C@]2(CCO)c1ccc(Cl)c(Cl)c1. The van der Waals surface area contributed by atoms with Gasteiger partial charge in [0.2, 0.25) is 0 Å². The van der Waals surface area contributed by atoms with Gasteiger partial charge in [-0.2, -0.15) is 0 Å². The van der Waals surface area contributed by atoms with E-state index in [0.29, 0.717) is 29.6 Å². The molecule has 20 heavy (non-hydrogen) atoms. The number of aliphatic hydroxyl groups is 1. The largest absolute Gasteiger partial charge is 0.465 e. The van der Waals surface area contributed by atoms with Crippen molar-refractivity contribution in [3.63, 3.8) is 0 Å². The highest BCUT2D eigenvalue weighted by Crippen LogP contribution is 2.65. The molecule has 2 fully saturated rings. The number of piperidine rings is 1. The summed E-state index contributed by atoms with van der Waals surface area (Å²) in [5.41, 5.74) is 0.913. The molecule has 1 aromatic rings. The van der Waals surface area contributed by atoms with Gasteiger partial charge in [0.25, 0.3) is 0 Å². The van der Waals surface area contributed by atoms with E-state index in [9.17, 15) is 9.90 Å². The van der Waals surface area contributed by atoms with Gasteiger partial charge < -0.3 is 15.1 Å². The van der Waals surface area contributed by atoms with Crippen LogP contribution >= 0.6 is 23.2 Å². The Kier molecular flexibility index (Phi) is 3.35. The first-order valence-electron chi connectivity index (χ1n) is 6.55. The van der Waals surface area contributed by atoms with Crippen LogP contribution in [0.15, 0.2) is 18.2 Å². The number of aliphatic hydroxyl groups excluding tert-OH is 1. The van der Waals surface area contributed by atoms with E-state index in [1.54, 1.807) is 6.07 Å². The van der Waals surface area contributed by atoms with E-state index in [4.69, 9.17) is 28.3 Å². The van der Waals surface area contributed by atoms with E-state index in [-0.39, 0.29) is 23.9 Å². The molecule has 1 aliphatic carbocycles. The van der Waals surface area contributed by atoms with Gasteiger partial charge in [-0.05, 0) is 36.0 Å². The number of carbonyl (C=O) groups is 1. The zero-order chi connectivity index (χ0) is 14.5. The summed E-state index contributed by atoms with van der Waals surface area (Å²) in [5.74, 6) is 0.533. The molecule has 1 saturated heterocycles. The van der Waals surface area contributed by atoms with Crippen LogP contribution < -0.4 is 0 Å². The molecule has 0 bridgehead atoms. The van der Waals surface area contributed by atoms with E-state index < -0.39 is 6.09 Å². The normalized spacial score (nSPS) is 31.2. The molecule has 3 rings (SSSR count). The van der Waals surface area contributed by atoms with Crippen LogP contribution in [0, 0.1) is 11.8 Å². The Morgan fingerprint density at radius 2 is 1.95 bits per heavy atom. The van der Waals surface area contributed by atoms with Crippen molar-refractivity contribution in [3.8, 4) is 0 Å². The summed E-state index contributed by atoms with van der Waals surface area (Å²) in [6.45, 7) is 1.14. The molecule has 6 heteroatoms. The maximum absolute atomic E-state index is 11.0. The predicted octanol–water partition coefficient (Wildman–Crippen LogP) is 2.85. The Bertz CT molecular complexity index is 551. The van der Waals surface area contributed by atoms with Gasteiger partial charge in [-0.15, -0.1) is 0 Å². The fourth-order valence-corrected chi connectivity index (χ4v) is 4.10. The van der Waals surface area contributed by atoms with E-state index in [0.717, 1.165) is 5.56 Å². The van der Waals surface area contributed by atoms with Crippen LogP contribution in [-0.4, -0.2) is 40.9 Å². The molecule has 0 spiro atoms. The standard InChI is InChI=1S/C14H15Cl2NO3/c15-11-2-1-8(5-12(11)16)14(3-4-18)9-6-17(13(19)20)7-10(9)14/h1-2,5,9-10,18H,3-4,6-7H2,(H,19,20)/t9-,10+,14-. The molecule has 0 unspecified atom stereocenters. The average molecular weight is 316 g/mol. The summed E-state index contributed by atoms with van der Waals surface area (Å²) in [5, 5.41) is 19.4. The summed E-state index contributed by atoms with van der Waals surface area (Å²) >= 11 is 12.0. The van der Waals surface area contributed by atoms with Crippen molar-refractivity contribution in [1.82, 2.24) is 4.90 Å². The van der Waals surface area contributed by atoms with Crippen molar-refractivity contribution in [2.75, 3.05) is 19.7 Å². The molecular weight excluding hydrogens is 301 g/mol. The lowest BCUT2D eigenvalue weighted by Crippen LogP contribution is -2.34. The molecule has 1 heterocycles. The number of benzene rings is 1. The van der Waals surface area contributed by atoms with Crippen LogP contribution in [-0.2, 0) is 5.41 Å². The topological polar surface area (TPSA) is 60.8 Å². The van der Waals surface area contributed by atoms with Crippen LogP contribution in [0.5, 0.6) is 0 Å². The second kappa shape index (κ2) is 4.79. The Morgan fingerprint density at radius 3 is 2.45 bits per heavy atom. The van der Waals surface area contributed by atoms with Crippen molar-refractivity contribution < 1.29 is 15.0 Å². The molecule has 3 atom stereocenters. The summed E-state index contributed by atoms with van der Waals surface area (Å²) in [4.78, 5) is 12.5. The van der Waals surface area contributed by atoms with Gasteiger partial charge in [-0.3, -0.25) is 0 Å². The van der Waals surface area contributed by atoms with Crippen molar-refractivity contribution in [1.29, 1.82) is 0 Å². The maximum atomic E-state index is 11.0. The highest BCUT2D eigenvalue weighted by Gasteiger charge is 2.68. The Hall–Kier alpha value is -0.970. The number of rotatable bonds is 3. The molecule has 2 N–H and O–H groups in total. The first-order valence-corrected chi connectivity index (χ1v) is 7.30. The molecule has 0 radical (unpaired) electrons. The molecular formula is C14H15Cl2NO3. The number of nitrogens with zero attached hydrogens (tertiary/aromatic N) is 1. The third kappa shape index (κ3) is 1.90.